The van der Waals surface area contributed by atoms with Gasteiger partial charge in [-0.1, -0.05) is 84.0 Å². The van der Waals surface area contributed by atoms with Gasteiger partial charge in [-0.25, -0.2) is 0 Å². The molecule has 156 valence electrons. The Labute approximate surface area is 169 Å². The third kappa shape index (κ3) is 6.99. The number of nitrogens with zero attached hydrogens (tertiary/aromatic N) is 1. The lowest BCUT2D eigenvalue weighted by molar-refractivity contribution is -0.140. The fourth-order valence-electron chi connectivity index (χ4n) is 4.60. The first-order chi connectivity index (χ1) is 13.1. The van der Waals surface area contributed by atoms with E-state index in [1.54, 1.807) is 11.8 Å². The minimum Gasteiger partial charge on any atom is -0.481 e. The summed E-state index contributed by atoms with van der Waals surface area (Å²) in [4.78, 5) is 26.0. The third-order valence-corrected chi connectivity index (χ3v) is 7.85. The molecule has 27 heavy (non-hydrogen) atoms. The largest absolute Gasteiger partial charge is 0.481 e. The van der Waals surface area contributed by atoms with Crippen molar-refractivity contribution in [1.29, 1.82) is 0 Å². The van der Waals surface area contributed by atoms with Crippen LogP contribution in [0.3, 0.4) is 0 Å². The predicted molar refractivity (Wildman–Crippen MR) is 113 cm³/mol. The van der Waals surface area contributed by atoms with Crippen LogP contribution in [0.4, 0.5) is 0 Å². The number of hydrogen-bond acceptors (Lipinski definition) is 3. The Hall–Kier alpha value is -0.710. The molecule has 0 bridgehead atoms. The zero-order valence-corrected chi connectivity index (χ0v) is 18.0. The van der Waals surface area contributed by atoms with Gasteiger partial charge in [-0.05, 0) is 19.3 Å². The van der Waals surface area contributed by atoms with Crippen LogP contribution in [0.2, 0.25) is 0 Å². The zero-order valence-electron chi connectivity index (χ0n) is 17.2. The van der Waals surface area contributed by atoms with Crippen LogP contribution in [0.15, 0.2) is 0 Å². The van der Waals surface area contributed by atoms with Crippen molar-refractivity contribution in [2.45, 2.75) is 120 Å². The molecule has 2 fully saturated rings. The number of carbonyl (C=O) groups is 2. The molecule has 0 aromatic carbocycles. The molecule has 1 heterocycles. The second kappa shape index (κ2) is 12.0. The summed E-state index contributed by atoms with van der Waals surface area (Å²) in [6.45, 7) is 3.07. The summed E-state index contributed by atoms with van der Waals surface area (Å²) in [5.74, 6) is -0.771. The number of thioether (sulfide) groups is 1. The van der Waals surface area contributed by atoms with E-state index in [4.69, 9.17) is 5.11 Å². The summed E-state index contributed by atoms with van der Waals surface area (Å²) in [6, 6.07) is 0. The van der Waals surface area contributed by atoms with Crippen LogP contribution in [-0.4, -0.2) is 38.5 Å². The molecule has 1 amide bonds. The van der Waals surface area contributed by atoms with Gasteiger partial charge in [-0.3, -0.25) is 9.59 Å². The van der Waals surface area contributed by atoms with Crippen molar-refractivity contribution in [3.05, 3.63) is 0 Å². The molecule has 1 spiro atoms. The molecule has 1 aliphatic carbocycles. The number of amides is 1. The van der Waals surface area contributed by atoms with Gasteiger partial charge in [-0.2, -0.15) is 0 Å². The highest BCUT2D eigenvalue weighted by Crippen LogP contribution is 2.51. The summed E-state index contributed by atoms with van der Waals surface area (Å²) in [7, 11) is 0. The molecule has 1 N–H and O–H groups in total. The van der Waals surface area contributed by atoms with Crippen molar-refractivity contribution in [3.8, 4) is 0 Å². The first-order valence-electron chi connectivity index (χ1n) is 11.3. The Kier molecular flexibility index (Phi) is 10.0. The molecule has 5 heteroatoms. The number of carbonyl (C=O) groups excluding carboxylic acids is 1. The van der Waals surface area contributed by atoms with E-state index in [0.29, 0.717) is 0 Å². The molecule has 0 aromatic heterocycles. The highest BCUT2D eigenvalue weighted by molar-refractivity contribution is 8.02. The average Bonchev–Trinajstić information content (AvgIpc) is 2.88. The van der Waals surface area contributed by atoms with E-state index >= 15 is 0 Å². The lowest BCUT2D eigenvalue weighted by Gasteiger charge is -2.40. The second-order valence-corrected chi connectivity index (χ2v) is 9.95. The Morgan fingerprint density at radius 1 is 1.00 bits per heavy atom. The summed E-state index contributed by atoms with van der Waals surface area (Å²) >= 11 is 1.66. The number of hydrogen-bond donors (Lipinski definition) is 1. The van der Waals surface area contributed by atoms with Gasteiger partial charge in [0.15, 0.2) is 0 Å². The maximum atomic E-state index is 12.8. The minimum absolute atomic E-state index is 0.0280. The molecule has 2 aliphatic rings. The van der Waals surface area contributed by atoms with Crippen LogP contribution >= 0.6 is 11.8 Å². The molecule has 1 aliphatic heterocycles. The monoisotopic (exact) mass is 397 g/mol. The van der Waals surface area contributed by atoms with Gasteiger partial charge < -0.3 is 10.0 Å². The van der Waals surface area contributed by atoms with E-state index in [0.717, 1.165) is 38.6 Å². The zero-order chi connectivity index (χ0) is 19.5. The van der Waals surface area contributed by atoms with Crippen LogP contribution in [0.25, 0.3) is 0 Å². The summed E-state index contributed by atoms with van der Waals surface area (Å²) in [6.07, 6.45) is 18.6. The Morgan fingerprint density at radius 3 is 2.11 bits per heavy atom. The van der Waals surface area contributed by atoms with Crippen molar-refractivity contribution < 1.29 is 14.7 Å². The Balaban J connectivity index is 1.71. The molecular weight excluding hydrogens is 358 g/mol. The molecule has 1 atom stereocenters. The standard InChI is InChI=1S/C22H39NO3S/c1-2-3-4-5-6-7-8-9-10-14-17-23-21(26)19(18-20(24)25)27-22(23)15-12-11-13-16-22/h19H,2-18H2,1H3,(H,24,25). The first-order valence-corrected chi connectivity index (χ1v) is 12.2. The number of rotatable bonds is 13. The molecular formula is C22H39NO3S. The molecule has 4 nitrogen and oxygen atoms in total. The molecule has 1 unspecified atom stereocenters. The Morgan fingerprint density at radius 2 is 1.56 bits per heavy atom. The van der Waals surface area contributed by atoms with Crippen molar-refractivity contribution in [2.24, 2.45) is 0 Å². The van der Waals surface area contributed by atoms with Crippen molar-refractivity contribution >= 4 is 23.6 Å². The molecule has 1 saturated heterocycles. The van der Waals surface area contributed by atoms with Gasteiger partial charge in [0.1, 0.15) is 0 Å². The van der Waals surface area contributed by atoms with Gasteiger partial charge in [0.2, 0.25) is 5.91 Å². The fourth-order valence-corrected chi connectivity index (χ4v) is 6.42. The van der Waals surface area contributed by atoms with Crippen molar-refractivity contribution in [1.82, 2.24) is 4.90 Å². The van der Waals surface area contributed by atoms with Crippen LogP contribution in [0.5, 0.6) is 0 Å². The van der Waals surface area contributed by atoms with E-state index in [9.17, 15) is 9.59 Å². The maximum Gasteiger partial charge on any atom is 0.305 e. The van der Waals surface area contributed by atoms with Gasteiger partial charge in [0.25, 0.3) is 0 Å². The maximum absolute atomic E-state index is 12.8. The second-order valence-electron chi connectivity index (χ2n) is 8.38. The number of carboxylic acids is 1. The quantitative estimate of drug-likeness (QED) is 0.388. The topological polar surface area (TPSA) is 57.6 Å². The van der Waals surface area contributed by atoms with Crippen molar-refractivity contribution in [2.75, 3.05) is 6.54 Å². The van der Waals surface area contributed by atoms with Crippen LogP contribution in [-0.2, 0) is 9.59 Å². The lowest BCUT2D eigenvalue weighted by Crippen LogP contribution is -2.46. The normalized spacial score (nSPS) is 21.9. The van der Waals surface area contributed by atoms with E-state index in [-0.39, 0.29) is 22.4 Å². The van der Waals surface area contributed by atoms with Gasteiger partial charge in [0.05, 0.1) is 16.5 Å². The SMILES string of the molecule is CCCCCCCCCCCCN1C(=O)C(CC(=O)O)SC12CCCCC2. The van der Waals surface area contributed by atoms with Crippen LogP contribution < -0.4 is 0 Å². The highest BCUT2D eigenvalue weighted by atomic mass is 32.2. The third-order valence-electron chi connectivity index (χ3n) is 6.13. The fraction of sp³-hybridized carbons (Fsp3) is 0.909. The lowest BCUT2D eigenvalue weighted by atomic mass is 9.93. The molecule has 2 rings (SSSR count). The Bertz CT molecular complexity index is 462. The highest BCUT2D eigenvalue weighted by Gasteiger charge is 2.51. The van der Waals surface area contributed by atoms with Gasteiger partial charge >= 0.3 is 5.97 Å². The van der Waals surface area contributed by atoms with E-state index in [1.165, 1.54) is 64.2 Å². The summed E-state index contributed by atoms with van der Waals surface area (Å²) in [5, 5.41) is 8.77. The number of unbranched alkanes of at least 4 members (excludes halogenated alkanes) is 9. The van der Waals surface area contributed by atoms with Crippen LogP contribution in [0, 0.1) is 0 Å². The predicted octanol–water partition coefficient (Wildman–Crippen LogP) is 5.99. The summed E-state index contributed by atoms with van der Waals surface area (Å²) in [5.41, 5.74) is 0. The van der Waals surface area contributed by atoms with Crippen LogP contribution in [0.1, 0.15) is 110 Å². The average molecular weight is 398 g/mol. The van der Waals surface area contributed by atoms with E-state index in [1.807, 2.05) is 0 Å². The van der Waals surface area contributed by atoms with Gasteiger partial charge in [0, 0.05) is 6.54 Å². The van der Waals surface area contributed by atoms with E-state index < -0.39 is 5.97 Å². The molecule has 0 aromatic rings. The van der Waals surface area contributed by atoms with Crippen molar-refractivity contribution in [3.63, 3.8) is 0 Å². The number of aliphatic carboxylic acids is 1. The molecule has 1 saturated carbocycles. The van der Waals surface area contributed by atoms with Gasteiger partial charge in [-0.15, -0.1) is 11.8 Å². The molecule has 0 radical (unpaired) electrons. The summed E-state index contributed by atoms with van der Waals surface area (Å²) < 4.78 is 0. The van der Waals surface area contributed by atoms with E-state index in [2.05, 4.69) is 11.8 Å². The minimum atomic E-state index is -0.854. The number of carboxylic acid groups (broad SMARTS) is 1. The first kappa shape index (κ1) is 22.6. The smallest absolute Gasteiger partial charge is 0.305 e.